The van der Waals surface area contributed by atoms with Crippen molar-refractivity contribution < 1.29 is 19.4 Å². The summed E-state index contributed by atoms with van der Waals surface area (Å²) < 4.78 is 5.30. The van der Waals surface area contributed by atoms with Gasteiger partial charge in [0.05, 0.1) is 19.6 Å². The number of nitrogens with zero attached hydrogens (tertiary/aromatic N) is 1. The zero-order valence-corrected chi connectivity index (χ0v) is 16.7. The molecule has 2 rings (SSSR count). The van der Waals surface area contributed by atoms with Crippen LogP contribution in [0.25, 0.3) is 0 Å². The Morgan fingerprint density at radius 3 is 2.81 bits per heavy atom. The Hall–Kier alpha value is -2.12. The minimum atomic E-state index is -0.501. The number of hydrogen-bond donors (Lipinski definition) is 3. The maximum Gasteiger partial charge on any atom is 0.237 e. The lowest BCUT2D eigenvalue weighted by Crippen LogP contribution is -2.56. The van der Waals surface area contributed by atoms with Crippen molar-refractivity contribution in [3.63, 3.8) is 0 Å². The number of aliphatic hydroxyl groups excluding tert-OH is 1. The third kappa shape index (κ3) is 5.94. The maximum absolute atomic E-state index is 12.4. The van der Waals surface area contributed by atoms with Crippen molar-refractivity contribution in [1.29, 1.82) is 0 Å². The number of nitrogens with one attached hydrogen (secondary N) is 2. The van der Waals surface area contributed by atoms with E-state index in [0.29, 0.717) is 26.2 Å². The van der Waals surface area contributed by atoms with E-state index >= 15 is 0 Å². The predicted molar refractivity (Wildman–Crippen MR) is 103 cm³/mol. The molecule has 1 aromatic rings. The monoisotopic (exact) mass is 377 g/mol. The first kappa shape index (κ1) is 21.2. The van der Waals surface area contributed by atoms with Crippen LogP contribution in [0.2, 0.25) is 0 Å². The summed E-state index contributed by atoms with van der Waals surface area (Å²) in [6, 6.07) is 5.46. The summed E-state index contributed by atoms with van der Waals surface area (Å²) in [4.78, 5) is 26.7. The number of rotatable bonds is 8. The number of carbonyl (C=O) groups is 2. The van der Waals surface area contributed by atoms with Gasteiger partial charge >= 0.3 is 0 Å². The average molecular weight is 377 g/mol. The van der Waals surface area contributed by atoms with Gasteiger partial charge in [0.1, 0.15) is 5.75 Å². The van der Waals surface area contributed by atoms with Gasteiger partial charge in [0.2, 0.25) is 11.8 Å². The van der Waals surface area contributed by atoms with Gasteiger partial charge in [-0.05, 0) is 24.1 Å². The van der Waals surface area contributed by atoms with Crippen LogP contribution in [-0.4, -0.2) is 61.2 Å². The largest absolute Gasteiger partial charge is 0.496 e. The predicted octanol–water partition coefficient (Wildman–Crippen LogP) is 0.829. The molecule has 2 amide bonds. The average Bonchev–Trinajstić information content (AvgIpc) is 2.63. The third-order valence-electron chi connectivity index (χ3n) is 4.86. The molecule has 0 saturated carbocycles. The lowest BCUT2D eigenvalue weighted by atomic mass is 9.95. The highest BCUT2D eigenvalue weighted by molar-refractivity contribution is 5.88. The van der Waals surface area contributed by atoms with Gasteiger partial charge in [-0.25, -0.2) is 0 Å². The summed E-state index contributed by atoms with van der Waals surface area (Å²) in [5, 5.41) is 15.0. The van der Waals surface area contributed by atoms with E-state index in [2.05, 4.69) is 10.6 Å². The van der Waals surface area contributed by atoms with Crippen LogP contribution >= 0.6 is 0 Å². The number of methoxy groups -OCH3 is 1. The number of piperazine rings is 1. The number of amides is 2. The van der Waals surface area contributed by atoms with Gasteiger partial charge in [0.15, 0.2) is 0 Å². The van der Waals surface area contributed by atoms with Crippen LogP contribution in [0, 0.1) is 12.3 Å². The molecule has 1 saturated heterocycles. The molecular weight excluding hydrogens is 346 g/mol. The second-order valence-electron chi connectivity index (χ2n) is 7.88. The SMILES string of the molecule is COc1ccc(CN2CCNC(=O)C2CC(=O)NCC(C)(C)CO)cc1C. The number of benzene rings is 1. The highest BCUT2D eigenvalue weighted by atomic mass is 16.5. The molecule has 7 heteroatoms. The lowest BCUT2D eigenvalue weighted by Gasteiger charge is -2.35. The molecule has 1 atom stereocenters. The molecule has 7 nitrogen and oxygen atoms in total. The molecule has 1 heterocycles. The van der Waals surface area contributed by atoms with E-state index in [1.54, 1.807) is 7.11 Å². The fourth-order valence-electron chi connectivity index (χ4n) is 3.09. The van der Waals surface area contributed by atoms with Crippen LogP contribution in [0.15, 0.2) is 18.2 Å². The van der Waals surface area contributed by atoms with Crippen molar-refractivity contribution in [2.75, 3.05) is 33.4 Å². The third-order valence-corrected chi connectivity index (χ3v) is 4.86. The highest BCUT2D eigenvalue weighted by Crippen LogP contribution is 2.21. The molecule has 27 heavy (non-hydrogen) atoms. The number of aliphatic hydroxyl groups is 1. The van der Waals surface area contributed by atoms with E-state index in [1.165, 1.54) is 0 Å². The van der Waals surface area contributed by atoms with Crippen molar-refractivity contribution in [2.24, 2.45) is 5.41 Å². The Kier molecular flexibility index (Phi) is 7.21. The Balaban J connectivity index is 2.02. The Labute approximate surface area is 161 Å². The second-order valence-corrected chi connectivity index (χ2v) is 7.88. The molecular formula is C20H31N3O4. The normalized spacial score (nSPS) is 18.1. The van der Waals surface area contributed by atoms with E-state index in [1.807, 2.05) is 43.9 Å². The maximum atomic E-state index is 12.4. The smallest absolute Gasteiger partial charge is 0.237 e. The molecule has 0 spiro atoms. The summed E-state index contributed by atoms with van der Waals surface area (Å²) >= 11 is 0. The van der Waals surface area contributed by atoms with Crippen LogP contribution < -0.4 is 15.4 Å². The van der Waals surface area contributed by atoms with Gasteiger partial charge in [-0.3, -0.25) is 14.5 Å². The Morgan fingerprint density at radius 1 is 1.44 bits per heavy atom. The topological polar surface area (TPSA) is 90.9 Å². The van der Waals surface area contributed by atoms with Gasteiger partial charge in [-0.1, -0.05) is 26.0 Å². The summed E-state index contributed by atoms with van der Waals surface area (Å²) in [6.07, 6.45) is 0.0997. The van der Waals surface area contributed by atoms with E-state index in [-0.39, 0.29) is 30.3 Å². The summed E-state index contributed by atoms with van der Waals surface area (Å²) in [7, 11) is 1.64. The van der Waals surface area contributed by atoms with Crippen molar-refractivity contribution in [2.45, 2.75) is 39.8 Å². The quantitative estimate of drug-likeness (QED) is 0.624. The van der Waals surface area contributed by atoms with Crippen molar-refractivity contribution in [1.82, 2.24) is 15.5 Å². The molecule has 0 aromatic heterocycles. The zero-order valence-electron chi connectivity index (χ0n) is 16.7. The fourth-order valence-corrected chi connectivity index (χ4v) is 3.09. The van der Waals surface area contributed by atoms with Gasteiger partial charge in [0.25, 0.3) is 0 Å². The number of carbonyl (C=O) groups excluding carboxylic acids is 2. The number of aryl methyl sites for hydroxylation is 1. The molecule has 150 valence electrons. The minimum Gasteiger partial charge on any atom is -0.496 e. The van der Waals surface area contributed by atoms with E-state index in [0.717, 1.165) is 16.9 Å². The van der Waals surface area contributed by atoms with Gasteiger partial charge in [-0.15, -0.1) is 0 Å². The van der Waals surface area contributed by atoms with Crippen LogP contribution in [0.1, 0.15) is 31.4 Å². The number of hydrogen-bond acceptors (Lipinski definition) is 5. The Morgan fingerprint density at radius 2 is 2.19 bits per heavy atom. The van der Waals surface area contributed by atoms with E-state index in [4.69, 9.17) is 4.74 Å². The highest BCUT2D eigenvalue weighted by Gasteiger charge is 2.32. The van der Waals surface area contributed by atoms with Crippen LogP contribution in [0.5, 0.6) is 5.75 Å². The summed E-state index contributed by atoms with van der Waals surface area (Å²) in [6.45, 7) is 7.95. The van der Waals surface area contributed by atoms with Gasteiger partial charge in [0, 0.05) is 38.2 Å². The number of ether oxygens (including phenoxy) is 1. The first-order chi connectivity index (χ1) is 12.8. The molecule has 1 aromatic carbocycles. The fraction of sp³-hybridized carbons (Fsp3) is 0.600. The van der Waals surface area contributed by atoms with Gasteiger partial charge < -0.3 is 20.5 Å². The molecule has 3 N–H and O–H groups in total. The van der Waals surface area contributed by atoms with Crippen LogP contribution in [0.4, 0.5) is 0 Å². The van der Waals surface area contributed by atoms with Crippen molar-refractivity contribution >= 4 is 11.8 Å². The summed E-state index contributed by atoms with van der Waals surface area (Å²) in [5.41, 5.74) is 1.73. The molecule has 1 fully saturated rings. The Bertz CT molecular complexity index is 675. The first-order valence-electron chi connectivity index (χ1n) is 9.28. The second kappa shape index (κ2) is 9.19. The minimum absolute atomic E-state index is 0.0137. The molecule has 1 unspecified atom stereocenters. The molecule has 0 bridgehead atoms. The molecule has 0 radical (unpaired) electrons. The lowest BCUT2D eigenvalue weighted by molar-refractivity contribution is -0.134. The van der Waals surface area contributed by atoms with Crippen molar-refractivity contribution in [3.05, 3.63) is 29.3 Å². The standard InChI is InChI=1S/C20H31N3O4/c1-14-9-15(5-6-17(14)27-4)11-23-8-7-21-19(26)16(23)10-18(25)22-12-20(2,3)13-24/h5-6,9,16,24H,7-8,10-13H2,1-4H3,(H,21,26)(H,22,25). The summed E-state index contributed by atoms with van der Waals surface area (Å²) in [5.74, 6) is 0.523. The van der Waals surface area contributed by atoms with Crippen molar-refractivity contribution in [3.8, 4) is 5.75 Å². The molecule has 0 aliphatic carbocycles. The van der Waals surface area contributed by atoms with Gasteiger partial charge in [-0.2, -0.15) is 0 Å². The molecule has 1 aliphatic heterocycles. The van der Waals surface area contributed by atoms with E-state index in [9.17, 15) is 14.7 Å². The zero-order chi connectivity index (χ0) is 20.0. The van der Waals surface area contributed by atoms with E-state index < -0.39 is 6.04 Å². The first-order valence-corrected chi connectivity index (χ1v) is 9.28. The van der Waals surface area contributed by atoms with Crippen LogP contribution in [0.3, 0.4) is 0 Å². The van der Waals surface area contributed by atoms with Crippen LogP contribution in [-0.2, 0) is 16.1 Å². The molecule has 1 aliphatic rings.